The third-order valence-electron chi connectivity index (χ3n) is 4.20. The molecule has 0 fully saturated rings. The minimum absolute atomic E-state index is 0.0681. The Morgan fingerprint density at radius 2 is 1.96 bits per heavy atom. The molecule has 1 amide bonds. The summed E-state index contributed by atoms with van der Waals surface area (Å²) in [6, 6.07) is 5.57. The number of carboxylic acid groups (broad SMARTS) is 1. The van der Waals surface area contributed by atoms with Gasteiger partial charge in [0.05, 0.1) is 17.3 Å². The van der Waals surface area contributed by atoms with Crippen molar-refractivity contribution < 1.29 is 14.7 Å². The van der Waals surface area contributed by atoms with Crippen molar-refractivity contribution in [2.45, 2.75) is 32.7 Å². The van der Waals surface area contributed by atoms with E-state index in [-0.39, 0.29) is 18.9 Å². The number of amides is 1. The maximum atomic E-state index is 12.8. The molecule has 0 aliphatic rings. The Balaban J connectivity index is 2.50. The number of hydrogen-bond acceptors (Lipinski definition) is 4. The molecule has 2 rings (SSSR count). The second kappa shape index (κ2) is 7.78. The number of rotatable bonds is 7. The van der Waals surface area contributed by atoms with Crippen molar-refractivity contribution in [3.63, 3.8) is 0 Å². The van der Waals surface area contributed by atoms with Crippen LogP contribution >= 0.6 is 0 Å². The Bertz CT molecular complexity index is 899. The molecular weight excluding hydrogens is 326 g/mol. The Kier molecular flexibility index (Phi) is 5.74. The molecule has 1 aromatic carbocycles. The van der Waals surface area contributed by atoms with Crippen LogP contribution in [0.4, 0.5) is 0 Å². The fourth-order valence-electron chi connectivity index (χ4n) is 2.68. The fraction of sp³-hybridized carbons (Fsp3) is 0.412. The first-order valence-electron chi connectivity index (χ1n) is 8.09. The SMILES string of the molecule is CCC(C)C(C(=O)NCCC(=O)O)n1c(=O)[nH]c2ccccc2c1=O. The number of aromatic nitrogens is 2. The number of aliphatic carboxylic acids is 1. The van der Waals surface area contributed by atoms with Gasteiger partial charge >= 0.3 is 11.7 Å². The summed E-state index contributed by atoms with van der Waals surface area (Å²) in [6.07, 6.45) is 0.331. The largest absolute Gasteiger partial charge is 0.481 e. The van der Waals surface area contributed by atoms with Crippen molar-refractivity contribution in [3.05, 3.63) is 45.1 Å². The lowest BCUT2D eigenvalue weighted by molar-refractivity contribution is -0.137. The van der Waals surface area contributed by atoms with Crippen LogP contribution in [-0.4, -0.2) is 33.1 Å². The molecule has 2 atom stereocenters. The summed E-state index contributed by atoms with van der Waals surface area (Å²) in [7, 11) is 0. The van der Waals surface area contributed by atoms with Crippen LogP contribution in [0, 0.1) is 5.92 Å². The normalized spacial score (nSPS) is 13.4. The summed E-state index contributed by atoms with van der Waals surface area (Å²) in [5.74, 6) is -1.87. The predicted molar refractivity (Wildman–Crippen MR) is 92.6 cm³/mol. The zero-order valence-corrected chi connectivity index (χ0v) is 14.1. The molecule has 0 bridgehead atoms. The second-order valence-corrected chi connectivity index (χ2v) is 5.92. The van der Waals surface area contributed by atoms with Gasteiger partial charge in [-0.2, -0.15) is 0 Å². The van der Waals surface area contributed by atoms with Gasteiger partial charge in [0.2, 0.25) is 5.91 Å². The molecule has 2 unspecified atom stereocenters. The number of hydrogen-bond donors (Lipinski definition) is 3. The van der Waals surface area contributed by atoms with E-state index in [1.807, 2.05) is 6.92 Å². The van der Waals surface area contributed by atoms with Gasteiger partial charge in [0.15, 0.2) is 0 Å². The van der Waals surface area contributed by atoms with Crippen LogP contribution in [0.25, 0.3) is 10.9 Å². The van der Waals surface area contributed by atoms with Gasteiger partial charge in [-0.05, 0) is 18.1 Å². The van der Waals surface area contributed by atoms with E-state index < -0.39 is 29.2 Å². The van der Waals surface area contributed by atoms with Crippen LogP contribution < -0.4 is 16.6 Å². The van der Waals surface area contributed by atoms with E-state index in [0.717, 1.165) is 4.57 Å². The molecule has 0 saturated heterocycles. The highest BCUT2D eigenvalue weighted by atomic mass is 16.4. The van der Waals surface area contributed by atoms with Crippen molar-refractivity contribution in [1.29, 1.82) is 0 Å². The lowest BCUT2D eigenvalue weighted by Gasteiger charge is -2.23. The van der Waals surface area contributed by atoms with Gasteiger partial charge in [-0.3, -0.25) is 14.4 Å². The van der Waals surface area contributed by atoms with Gasteiger partial charge in [-0.25, -0.2) is 9.36 Å². The summed E-state index contributed by atoms with van der Waals surface area (Å²) in [4.78, 5) is 51.0. The van der Waals surface area contributed by atoms with Gasteiger partial charge in [-0.15, -0.1) is 0 Å². The molecule has 0 saturated carbocycles. The third-order valence-corrected chi connectivity index (χ3v) is 4.20. The average Bonchev–Trinajstić information content (AvgIpc) is 2.57. The molecule has 0 radical (unpaired) electrons. The summed E-state index contributed by atoms with van der Waals surface area (Å²) in [6.45, 7) is 3.55. The van der Waals surface area contributed by atoms with E-state index in [1.54, 1.807) is 31.2 Å². The number of aromatic amines is 1. The number of carbonyl (C=O) groups is 2. The molecule has 2 aromatic rings. The van der Waals surface area contributed by atoms with Gasteiger partial charge in [0.25, 0.3) is 5.56 Å². The van der Waals surface area contributed by atoms with Crippen molar-refractivity contribution in [1.82, 2.24) is 14.9 Å². The van der Waals surface area contributed by atoms with Gasteiger partial charge in [0, 0.05) is 6.54 Å². The molecule has 25 heavy (non-hydrogen) atoms. The van der Waals surface area contributed by atoms with Crippen molar-refractivity contribution in [3.8, 4) is 0 Å². The van der Waals surface area contributed by atoms with E-state index in [0.29, 0.717) is 17.3 Å². The van der Waals surface area contributed by atoms with Crippen LogP contribution in [0.5, 0.6) is 0 Å². The van der Waals surface area contributed by atoms with E-state index in [2.05, 4.69) is 10.3 Å². The van der Waals surface area contributed by atoms with Crippen LogP contribution in [0.3, 0.4) is 0 Å². The quantitative estimate of drug-likeness (QED) is 0.686. The van der Waals surface area contributed by atoms with Crippen LogP contribution in [0.2, 0.25) is 0 Å². The molecule has 1 heterocycles. The zero-order chi connectivity index (χ0) is 18.6. The van der Waals surface area contributed by atoms with Crippen LogP contribution in [0.1, 0.15) is 32.7 Å². The average molecular weight is 347 g/mol. The topological polar surface area (TPSA) is 121 Å². The van der Waals surface area contributed by atoms with E-state index >= 15 is 0 Å². The predicted octanol–water partition coefficient (Wildman–Crippen LogP) is 0.868. The molecule has 0 spiro atoms. The summed E-state index contributed by atoms with van der Waals surface area (Å²) in [5, 5.41) is 11.5. The van der Waals surface area contributed by atoms with Crippen LogP contribution in [0.15, 0.2) is 33.9 Å². The molecule has 8 nitrogen and oxygen atoms in total. The van der Waals surface area contributed by atoms with E-state index in [1.165, 1.54) is 0 Å². The highest BCUT2D eigenvalue weighted by Crippen LogP contribution is 2.19. The van der Waals surface area contributed by atoms with Gasteiger partial charge in [-0.1, -0.05) is 32.4 Å². The lowest BCUT2D eigenvalue weighted by Crippen LogP contribution is -2.47. The second-order valence-electron chi connectivity index (χ2n) is 5.92. The Labute approximate surface area is 143 Å². The monoisotopic (exact) mass is 347 g/mol. The minimum atomic E-state index is -1.04. The number of para-hydroxylation sites is 1. The molecule has 3 N–H and O–H groups in total. The number of fused-ring (bicyclic) bond motifs is 1. The number of nitrogens with one attached hydrogen (secondary N) is 2. The van der Waals surface area contributed by atoms with Crippen LogP contribution in [-0.2, 0) is 9.59 Å². The summed E-state index contributed by atoms with van der Waals surface area (Å²) in [5.41, 5.74) is -0.802. The standard InChI is InChI=1S/C17H21N3O5/c1-3-10(2)14(15(23)18-9-8-13(21)22)20-16(24)11-6-4-5-7-12(11)19-17(20)25/h4-7,10,14H,3,8-9H2,1-2H3,(H,18,23)(H,19,25)(H,21,22). The van der Waals surface area contributed by atoms with Gasteiger partial charge < -0.3 is 15.4 Å². The summed E-state index contributed by atoms with van der Waals surface area (Å²) >= 11 is 0. The van der Waals surface area contributed by atoms with Gasteiger partial charge in [0.1, 0.15) is 6.04 Å². The first kappa shape index (κ1) is 18.4. The highest BCUT2D eigenvalue weighted by Gasteiger charge is 2.29. The number of nitrogens with zero attached hydrogens (tertiary/aromatic N) is 1. The highest BCUT2D eigenvalue weighted by molar-refractivity contribution is 5.82. The molecule has 1 aromatic heterocycles. The Hall–Kier alpha value is -2.90. The molecule has 134 valence electrons. The maximum Gasteiger partial charge on any atom is 0.329 e. The van der Waals surface area contributed by atoms with E-state index in [9.17, 15) is 19.2 Å². The molecule has 8 heteroatoms. The lowest BCUT2D eigenvalue weighted by atomic mass is 9.97. The number of carboxylic acids is 1. The van der Waals surface area contributed by atoms with Crippen molar-refractivity contribution in [2.24, 2.45) is 5.92 Å². The zero-order valence-electron chi connectivity index (χ0n) is 14.1. The Morgan fingerprint density at radius 1 is 1.28 bits per heavy atom. The Morgan fingerprint density at radius 3 is 2.60 bits per heavy atom. The summed E-state index contributed by atoms with van der Waals surface area (Å²) < 4.78 is 0.923. The molecular formula is C17H21N3O5. The third kappa shape index (κ3) is 3.96. The molecule has 0 aliphatic carbocycles. The molecule has 0 aliphatic heterocycles. The number of H-pyrrole nitrogens is 1. The smallest absolute Gasteiger partial charge is 0.329 e. The number of carbonyl (C=O) groups excluding carboxylic acids is 1. The van der Waals surface area contributed by atoms with Crippen molar-refractivity contribution in [2.75, 3.05) is 6.54 Å². The first-order valence-corrected chi connectivity index (χ1v) is 8.09. The first-order chi connectivity index (χ1) is 11.9. The minimum Gasteiger partial charge on any atom is -0.481 e. The van der Waals surface area contributed by atoms with Crippen molar-refractivity contribution >= 4 is 22.8 Å². The maximum absolute atomic E-state index is 12.8. The van der Waals surface area contributed by atoms with E-state index in [4.69, 9.17) is 5.11 Å². The fourth-order valence-corrected chi connectivity index (χ4v) is 2.68. The number of benzene rings is 1.